The third-order valence-corrected chi connectivity index (χ3v) is 4.08. The summed E-state index contributed by atoms with van der Waals surface area (Å²) in [5, 5.41) is 12.2. The van der Waals surface area contributed by atoms with Crippen LogP contribution >= 0.6 is 11.8 Å². The number of nitrogens with zero attached hydrogens (tertiary/aromatic N) is 1. The van der Waals surface area contributed by atoms with E-state index in [2.05, 4.69) is 16.9 Å². The highest BCUT2D eigenvalue weighted by Gasteiger charge is 2.14. The van der Waals surface area contributed by atoms with E-state index in [4.69, 9.17) is 10.9 Å². The minimum absolute atomic E-state index is 0.357. The van der Waals surface area contributed by atoms with E-state index in [1.807, 2.05) is 0 Å². The largest absolute Gasteiger partial charge is 0.409 e. The van der Waals surface area contributed by atoms with Gasteiger partial charge < -0.3 is 10.9 Å². The van der Waals surface area contributed by atoms with Crippen molar-refractivity contribution in [1.82, 2.24) is 0 Å². The summed E-state index contributed by atoms with van der Waals surface area (Å²) in [7, 11) is 0. The van der Waals surface area contributed by atoms with Crippen molar-refractivity contribution < 1.29 is 5.21 Å². The van der Waals surface area contributed by atoms with Crippen LogP contribution in [0.25, 0.3) is 0 Å². The number of rotatable bonds is 6. The molecule has 0 spiro atoms. The average molecular weight is 216 g/mol. The van der Waals surface area contributed by atoms with Gasteiger partial charge in [0.15, 0.2) is 0 Å². The van der Waals surface area contributed by atoms with E-state index in [0.29, 0.717) is 5.84 Å². The van der Waals surface area contributed by atoms with E-state index in [1.165, 1.54) is 37.9 Å². The smallest absolute Gasteiger partial charge is 0.139 e. The Bertz CT molecular complexity index is 179. The summed E-state index contributed by atoms with van der Waals surface area (Å²) in [6, 6.07) is 0. The first-order valence-corrected chi connectivity index (χ1v) is 6.46. The predicted molar refractivity (Wildman–Crippen MR) is 62.0 cm³/mol. The molecular weight excluding hydrogens is 196 g/mol. The first kappa shape index (κ1) is 11.7. The van der Waals surface area contributed by atoms with Gasteiger partial charge in [-0.1, -0.05) is 18.0 Å². The maximum atomic E-state index is 8.32. The van der Waals surface area contributed by atoms with Gasteiger partial charge in [0.25, 0.3) is 0 Å². The summed E-state index contributed by atoms with van der Waals surface area (Å²) in [5.41, 5.74) is 5.37. The molecule has 14 heavy (non-hydrogen) atoms. The monoisotopic (exact) mass is 216 g/mol. The van der Waals surface area contributed by atoms with Crippen LogP contribution < -0.4 is 5.73 Å². The van der Waals surface area contributed by atoms with Crippen molar-refractivity contribution in [2.75, 3.05) is 5.75 Å². The molecule has 0 aromatic carbocycles. The van der Waals surface area contributed by atoms with Gasteiger partial charge in [0.2, 0.25) is 0 Å². The van der Waals surface area contributed by atoms with Crippen LogP contribution in [0.5, 0.6) is 0 Å². The van der Waals surface area contributed by atoms with Gasteiger partial charge in [-0.15, -0.1) is 0 Å². The molecule has 0 aliphatic heterocycles. The van der Waals surface area contributed by atoms with Gasteiger partial charge in [0.1, 0.15) is 5.84 Å². The molecule has 1 aliphatic carbocycles. The fourth-order valence-electron chi connectivity index (χ4n) is 1.76. The maximum Gasteiger partial charge on any atom is 0.139 e. The second-order valence-electron chi connectivity index (χ2n) is 3.83. The molecule has 0 atom stereocenters. The van der Waals surface area contributed by atoms with Crippen LogP contribution in [0.2, 0.25) is 0 Å². The van der Waals surface area contributed by atoms with Gasteiger partial charge in [-0.2, -0.15) is 11.8 Å². The van der Waals surface area contributed by atoms with Gasteiger partial charge in [0, 0.05) is 11.7 Å². The zero-order valence-corrected chi connectivity index (χ0v) is 9.43. The summed E-state index contributed by atoms with van der Waals surface area (Å²) in [4.78, 5) is 0. The third kappa shape index (κ3) is 4.74. The van der Waals surface area contributed by atoms with E-state index in [0.717, 1.165) is 18.1 Å². The Hall–Kier alpha value is -0.380. The highest BCUT2D eigenvalue weighted by atomic mass is 32.2. The van der Waals surface area contributed by atoms with Crippen molar-refractivity contribution in [3.05, 3.63) is 0 Å². The van der Waals surface area contributed by atoms with Crippen LogP contribution in [-0.4, -0.2) is 22.0 Å². The van der Waals surface area contributed by atoms with Crippen LogP contribution in [0.1, 0.15) is 44.9 Å². The first-order chi connectivity index (χ1) is 6.83. The molecule has 1 saturated carbocycles. The normalized spacial score (nSPS) is 19.0. The molecule has 0 bridgehead atoms. The Kier molecular flexibility index (Phi) is 5.83. The molecule has 3 nitrogen and oxygen atoms in total. The molecule has 0 unspecified atom stereocenters. The number of hydrogen-bond donors (Lipinski definition) is 2. The van der Waals surface area contributed by atoms with Crippen LogP contribution in [0.15, 0.2) is 5.16 Å². The highest BCUT2D eigenvalue weighted by Crippen LogP contribution is 2.29. The van der Waals surface area contributed by atoms with E-state index in [-0.39, 0.29) is 0 Å². The van der Waals surface area contributed by atoms with Crippen molar-refractivity contribution in [1.29, 1.82) is 0 Å². The molecule has 0 aromatic heterocycles. The Labute approximate surface area is 90.1 Å². The maximum absolute atomic E-state index is 8.32. The summed E-state index contributed by atoms with van der Waals surface area (Å²) in [5.74, 6) is 1.58. The van der Waals surface area contributed by atoms with Crippen molar-refractivity contribution in [3.8, 4) is 0 Å². The zero-order valence-electron chi connectivity index (χ0n) is 8.61. The van der Waals surface area contributed by atoms with Crippen molar-refractivity contribution in [3.63, 3.8) is 0 Å². The molecule has 0 aromatic rings. The first-order valence-electron chi connectivity index (χ1n) is 5.41. The molecule has 1 aliphatic rings. The van der Waals surface area contributed by atoms with E-state index < -0.39 is 0 Å². The fraction of sp³-hybridized carbons (Fsp3) is 0.900. The topological polar surface area (TPSA) is 58.6 Å². The number of oxime groups is 1. The van der Waals surface area contributed by atoms with Gasteiger partial charge in [-0.05, 0) is 31.4 Å². The van der Waals surface area contributed by atoms with Crippen LogP contribution in [0.3, 0.4) is 0 Å². The van der Waals surface area contributed by atoms with Crippen molar-refractivity contribution >= 4 is 17.6 Å². The van der Waals surface area contributed by atoms with Crippen molar-refractivity contribution in [2.24, 2.45) is 10.9 Å². The average Bonchev–Trinajstić information content (AvgIpc) is 2.69. The Morgan fingerprint density at radius 1 is 1.36 bits per heavy atom. The van der Waals surface area contributed by atoms with Gasteiger partial charge in [-0.25, -0.2) is 0 Å². The Morgan fingerprint density at radius 3 is 2.71 bits per heavy atom. The summed E-state index contributed by atoms with van der Waals surface area (Å²) < 4.78 is 0. The fourth-order valence-corrected chi connectivity index (χ4v) is 3.13. The van der Waals surface area contributed by atoms with E-state index in [9.17, 15) is 0 Å². The molecule has 4 heteroatoms. The highest BCUT2D eigenvalue weighted by molar-refractivity contribution is 7.99. The Morgan fingerprint density at radius 2 is 2.07 bits per heavy atom. The Balaban J connectivity index is 1.89. The molecule has 1 rings (SSSR count). The lowest BCUT2D eigenvalue weighted by Crippen LogP contribution is -2.11. The van der Waals surface area contributed by atoms with Crippen LogP contribution in [0.4, 0.5) is 0 Å². The molecule has 0 saturated heterocycles. The SMILES string of the molecule is NC(CCCCSC1CCCC1)=NO. The molecule has 3 N–H and O–H groups in total. The summed E-state index contributed by atoms with van der Waals surface area (Å²) in [6.45, 7) is 0. The number of nitrogens with two attached hydrogens (primary N) is 1. The lowest BCUT2D eigenvalue weighted by Gasteiger charge is -2.07. The standard InChI is InChI=1S/C10H20N2OS/c11-10(12-13)7-3-4-8-14-9-5-1-2-6-9/h9,13H,1-8H2,(H2,11,12). The number of amidine groups is 1. The molecule has 0 heterocycles. The zero-order chi connectivity index (χ0) is 10.2. The minimum Gasteiger partial charge on any atom is -0.409 e. The number of thioether (sulfide) groups is 1. The molecule has 1 fully saturated rings. The minimum atomic E-state index is 0.357. The number of unbranched alkanes of at least 4 members (excludes halogenated alkanes) is 1. The third-order valence-electron chi connectivity index (χ3n) is 2.61. The summed E-state index contributed by atoms with van der Waals surface area (Å²) in [6.07, 6.45) is 8.59. The van der Waals surface area contributed by atoms with Crippen LogP contribution in [0, 0.1) is 0 Å². The number of hydrogen-bond acceptors (Lipinski definition) is 3. The van der Waals surface area contributed by atoms with Gasteiger partial charge in [0.05, 0.1) is 0 Å². The van der Waals surface area contributed by atoms with E-state index in [1.54, 1.807) is 0 Å². The molecule has 0 amide bonds. The molecule has 0 radical (unpaired) electrons. The molecule has 82 valence electrons. The van der Waals surface area contributed by atoms with Crippen LogP contribution in [-0.2, 0) is 0 Å². The van der Waals surface area contributed by atoms with Gasteiger partial charge >= 0.3 is 0 Å². The van der Waals surface area contributed by atoms with E-state index >= 15 is 0 Å². The lowest BCUT2D eigenvalue weighted by molar-refractivity contribution is 0.316. The summed E-state index contributed by atoms with van der Waals surface area (Å²) >= 11 is 2.10. The second kappa shape index (κ2) is 6.98. The lowest BCUT2D eigenvalue weighted by atomic mass is 10.2. The van der Waals surface area contributed by atoms with Crippen molar-refractivity contribution in [2.45, 2.75) is 50.2 Å². The molecular formula is C10H20N2OS. The predicted octanol–water partition coefficient (Wildman–Crippen LogP) is 2.58. The van der Waals surface area contributed by atoms with Gasteiger partial charge in [-0.3, -0.25) is 0 Å². The quantitative estimate of drug-likeness (QED) is 0.236. The second-order valence-corrected chi connectivity index (χ2v) is 5.23.